The number of nitrogens with one attached hydrogen (secondary N) is 1. The molecular weight excluding hydrogens is 246 g/mol. The third kappa shape index (κ3) is 4.06. The van der Waals surface area contributed by atoms with E-state index in [-0.39, 0.29) is 6.04 Å². The van der Waals surface area contributed by atoms with Crippen LogP contribution < -0.4 is 5.32 Å². The SMILES string of the molecule is CCCNC(COCCC)c1ccc2ccccc2c1. The molecule has 20 heavy (non-hydrogen) atoms. The highest BCUT2D eigenvalue weighted by Gasteiger charge is 2.11. The molecule has 2 aromatic carbocycles. The van der Waals surface area contributed by atoms with Crippen LogP contribution in [0.5, 0.6) is 0 Å². The standard InChI is InChI=1S/C18H25NO/c1-3-11-19-18(14-20-12-4-2)17-10-9-15-7-5-6-8-16(15)13-17/h5-10,13,18-19H,3-4,11-12,14H2,1-2H3. The van der Waals surface area contributed by atoms with Crippen molar-refractivity contribution in [3.8, 4) is 0 Å². The van der Waals surface area contributed by atoms with Crippen molar-refractivity contribution >= 4 is 10.8 Å². The molecule has 0 radical (unpaired) electrons. The van der Waals surface area contributed by atoms with Crippen LogP contribution in [0, 0.1) is 0 Å². The zero-order valence-electron chi connectivity index (χ0n) is 12.6. The molecule has 0 fully saturated rings. The number of benzene rings is 2. The number of hydrogen-bond acceptors (Lipinski definition) is 2. The van der Waals surface area contributed by atoms with Gasteiger partial charge in [-0.05, 0) is 41.8 Å². The first kappa shape index (κ1) is 15.0. The molecule has 1 unspecified atom stereocenters. The first-order valence-corrected chi connectivity index (χ1v) is 7.65. The van der Waals surface area contributed by atoms with Crippen LogP contribution in [-0.4, -0.2) is 19.8 Å². The van der Waals surface area contributed by atoms with Gasteiger partial charge < -0.3 is 10.1 Å². The van der Waals surface area contributed by atoms with Crippen molar-refractivity contribution in [2.75, 3.05) is 19.8 Å². The van der Waals surface area contributed by atoms with Crippen LogP contribution in [0.15, 0.2) is 42.5 Å². The van der Waals surface area contributed by atoms with E-state index in [1.54, 1.807) is 0 Å². The summed E-state index contributed by atoms with van der Waals surface area (Å²) < 4.78 is 5.75. The van der Waals surface area contributed by atoms with E-state index in [0.29, 0.717) is 0 Å². The van der Waals surface area contributed by atoms with E-state index in [1.807, 2.05) is 0 Å². The van der Waals surface area contributed by atoms with Crippen molar-refractivity contribution < 1.29 is 4.74 Å². The van der Waals surface area contributed by atoms with E-state index in [0.717, 1.165) is 32.6 Å². The molecule has 0 aliphatic rings. The molecule has 0 saturated heterocycles. The number of hydrogen-bond donors (Lipinski definition) is 1. The maximum Gasteiger partial charge on any atom is 0.0661 e. The molecular formula is C18H25NO. The molecule has 0 aromatic heterocycles. The number of fused-ring (bicyclic) bond motifs is 1. The summed E-state index contributed by atoms with van der Waals surface area (Å²) in [5.41, 5.74) is 1.31. The summed E-state index contributed by atoms with van der Waals surface area (Å²) in [4.78, 5) is 0. The lowest BCUT2D eigenvalue weighted by atomic mass is 10.0. The second-order valence-corrected chi connectivity index (χ2v) is 5.19. The molecule has 0 heterocycles. The third-order valence-electron chi connectivity index (χ3n) is 3.45. The Bertz CT molecular complexity index is 524. The van der Waals surface area contributed by atoms with Gasteiger partial charge in [0.25, 0.3) is 0 Å². The Balaban J connectivity index is 2.15. The first-order chi connectivity index (χ1) is 9.85. The number of ether oxygens (including phenoxy) is 1. The zero-order valence-corrected chi connectivity index (χ0v) is 12.6. The van der Waals surface area contributed by atoms with Gasteiger partial charge in [-0.25, -0.2) is 0 Å². The third-order valence-corrected chi connectivity index (χ3v) is 3.45. The predicted molar refractivity (Wildman–Crippen MR) is 86.1 cm³/mol. The van der Waals surface area contributed by atoms with E-state index in [1.165, 1.54) is 16.3 Å². The summed E-state index contributed by atoms with van der Waals surface area (Å²) in [5.74, 6) is 0. The smallest absolute Gasteiger partial charge is 0.0661 e. The predicted octanol–water partition coefficient (Wildman–Crippen LogP) is 4.31. The lowest BCUT2D eigenvalue weighted by molar-refractivity contribution is 0.112. The highest BCUT2D eigenvalue weighted by molar-refractivity contribution is 5.83. The van der Waals surface area contributed by atoms with Gasteiger partial charge in [-0.2, -0.15) is 0 Å². The highest BCUT2D eigenvalue weighted by atomic mass is 16.5. The molecule has 2 aromatic rings. The average molecular weight is 271 g/mol. The zero-order chi connectivity index (χ0) is 14.2. The molecule has 0 amide bonds. The van der Waals surface area contributed by atoms with Crippen molar-refractivity contribution in [1.82, 2.24) is 5.32 Å². The summed E-state index contributed by atoms with van der Waals surface area (Å²) in [5, 5.41) is 6.17. The van der Waals surface area contributed by atoms with Crippen LogP contribution in [-0.2, 0) is 4.74 Å². The van der Waals surface area contributed by atoms with Gasteiger partial charge >= 0.3 is 0 Å². The Labute approximate surface area is 122 Å². The molecule has 2 nitrogen and oxygen atoms in total. The maximum absolute atomic E-state index is 5.75. The summed E-state index contributed by atoms with van der Waals surface area (Å²) in [6.45, 7) is 6.93. The van der Waals surface area contributed by atoms with Crippen LogP contribution in [0.25, 0.3) is 10.8 Å². The summed E-state index contributed by atoms with van der Waals surface area (Å²) in [6.07, 6.45) is 2.20. The summed E-state index contributed by atoms with van der Waals surface area (Å²) in [6, 6.07) is 15.5. The maximum atomic E-state index is 5.75. The van der Waals surface area contributed by atoms with Crippen molar-refractivity contribution in [1.29, 1.82) is 0 Å². The van der Waals surface area contributed by atoms with Crippen LogP contribution in [0.4, 0.5) is 0 Å². The van der Waals surface area contributed by atoms with E-state index in [9.17, 15) is 0 Å². The van der Waals surface area contributed by atoms with Gasteiger partial charge in [0.15, 0.2) is 0 Å². The average Bonchev–Trinajstić information content (AvgIpc) is 2.50. The van der Waals surface area contributed by atoms with E-state index >= 15 is 0 Å². The van der Waals surface area contributed by atoms with E-state index in [4.69, 9.17) is 4.74 Å². The lowest BCUT2D eigenvalue weighted by Crippen LogP contribution is -2.26. The molecule has 1 N–H and O–H groups in total. The van der Waals surface area contributed by atoms with Crippen molar-refractivity contribution in [2.24, 2.45) is 0 Å². The van der Waals surface area contributed by atoms with Gasteiger partial charge in [0.1, 0.15) is 0 Å². The first-order valence-electron chi connectivity index (χ1n) is 7.65. The second kappa shape index (κ2) is 8.03. The topological polar surface area (TPSA) is 21.3 Å². The van der Waals surface area contributed by atoms with Crippen LogP contribution in [0.3, 0.4) is 0 Å². The van der Waals surface area contributed by atoms with Gasteiger partial charge in [0.05, 0.1) is 12.6 Å². The molecule has 2 rings (SSSR count). The van der Waals surface area contributed by atoms with Gasteiger partial charge in [0.2, 0.25) is 0 Å². The highest BCUT2D eigenvalue weighted by Crippen LogP contribution is 2.21. The molecule has 0 aliphatic carbocycles. The Morgan fingerprint density at radius 1 is 1.00 bits per heavy atom. The lowest BCUT2D eigenvalue weighted by Gasteiger charge is -2.19. The molecule has 0 aliphatic heterocycles. The Morgan fingerprint density at radius 2 is 1.80 bits per heavy atom. The molecule has 0 saturated carbocycles. The Kier molecular flexibility index (Phi) is 6.03. The van der Waals surface area contributed by atoms with Gasteiger partial charge in [-0.15, -0.1) is 0 Å². The van der Waals surface area contributed by atoms with Gasteiger partial charge in [-0.3, -0.25) is 0 Å². The minimum absolute atomic E-state index is 0.283. The Hall–Kier alpha value is -1.38. The second-order valence-electron chi connectivity index (χ2n) is 5.19. The fourth-order valence-electron chi connectivity index (χ4n) is 2.36. The fraction of sp³-hybridized carbons (Fsp3) is 0.444. The fourth-order valence-corrected chi connectivity index (χ4v) is 2.36. The van der Waals surface area contributed by atoms with Crippen molar-refractivity contribution in [3.05, 3.63) is 48.0 Å². The van der Waals surface area contributed by atoms with Crippen molar-refractivity contribution in [3.63, 3.8) is 0 Å². The number of rotatable bonds is 8. The molecule has 0 spiro atoms. The monoisotopic (exact) mass is 271 g/mol. The van der Waals surface area contributed by atoms with Crippen LogP contribution in [0.2, 0.25) is 0 Å². The normalized spacial score (nSPS) is 12.7. The van der Waals surface area contributed by atoms with E-state index in [2.05, 4.69) is 61.6 Å². The summed E-state index contributed by atoms with van der Waals surface area (Å²) >= 11 is 0. The molecule has 1 atom stereocenters. The van der Waals surface area contributed by atoms with Crippen LogP contribution >= 0.6 is 0 Å². The quantitative estimate of drug-likeness (QED) is 0.722. The Morgan fingerprint density at radius 3 is 2.55 bits per heavy atom. The summed E-state index contributed by atoms with van der Waals surface area (Å²) in [7, 11) is 0. The minimum atomic E-state index is 0.283. The van der Waals surface area contributed by atoms with Crippen molar-refractivity contribution in [2.45, 2.75) is 32.7 Å². The van der Waals surface area contributed by atoms with E-state index < -0.39 is 0 Å². The molecule has 2 heteroatoms. The largest absolute Gasteiger partial charge is 0.379 e. The minimum Gasteiger partial charge on any atom is -0.379 e. The van der Waals surface area contributed by atoms with Crippen LogP contribution in [0.1, 0.15) is 38.3 Å². The van der Waals surface area contributed by atoms with Gasteiger partial charge in [-0.1, -0.05) is 50.2 Å². The molecule has 0 bridgehead atoms. The molecule has 108 valence electrons. The van der Waals surface area contributed by atoms with Gasteiger partial charge in [0, 0.05) is 6.61 Å².